The van der Waals surface area contributed by atoms with Crippen molar-refractivity contribution in [2.75, 3.05) is 14.2 Å². The Balaban J connectivity index is 2.29. The normalized spacial score (nSPS) is 11.1. The minimum atomic E-state index is -0.874. The third-order valence-corrected chi connectivity index (χ3v) is 4.00. The van der Waals surface area contributed by atoms with Gasteiger partial charge in [-0.05, 0) is 47.5 Å². The molecule has 2 aromatic carbocycles. The van der Waals surface area contributed by atoms with Gasteiger partial charge in [0.05, 0.1) is 14.2 Å². The molecule has 0 unspecified atom stereocenters. The predicted octanol–water partition coefficient (Wildman–Crippen LogP) is 3.94. The van der Waals surface area contributed by atoms with Gasteiger partial charge in [-0.25, -0.2) is 9.59 Å². The van der Waals surface area contributed by atoms with Crippen molar-refractivity contribution in [2.45, 2.75) is 0 Å². The summed E-state index contributed by atoms with van der Waals surface area (Å²) < 4.78 is 15.0. The van der Waals surface area contributed by atoms with Crippen LogP contribution in [0.15, 0.2) is 53.6 Å². The average molecular weight is 423 g/mol. The smallest absolute Gasteiger partial charge is 0.354 e. The lowest BCUT2D eigenvalue weighted by molar-refractivity contribution is -0.135. The fraction of sp³-hybridized carbons (Fsp3) is 0.0909. The summed E-state index contributed by atoms with van der Waals surface area (Å²) in [5.74, 6) is -1.42. The van der Waals surface area contributed by atoms with E-state index in [0.29, 0.717) is 16.1 Å². The van der Waals surface area contributed by atoms with Crippen molar-refractivity contribution in [1.29, 1.82) is 10.5 Å². The van der Waals surface area contributed by atoms with E-state index in [1.165, 1.54) is 44.6 Å². The van der Waals surface area contributed by atoms with Crippen molar-refractivity contribution in [1.82, 2.24) is 0 Å². The van der Waals surface area contributed by atoms with Crippen molar-refractivity contribution in [3.63, 3.8) is 0 Å². The molecule has 2 aromatic rings. The van der Waals surface area contributed by atoms with Crippen LogP contribution < -0.4 is 9.47 Å². The molecule has 0 atom stereocenters. The van der Waals surface area contributed by atoms with Crippen molar-refractivity contribution >= 4 is 35.7 Å². The van der Waals surface area contributed by atoms with Gasteiger partial charge in [-0.3, -0.25) is 0 Å². The molecule has 0 N–H and O–H groups in total. The second-order valence-electron chi connectivity index (χ2n) is 5.68. The Labute approximate surface area is 178 Å². The number of nitriles is 2. The Morgan fingerprint density at radius 3 is 2.00 bits per heavy atom. The van der Waals surface area contributed by atoms with Gasteiger partial charge in [0.2, 0.25) is 0 Å². The minimum Gasteiger partial charge on any atom is -0.493 e. The first-order valence-corrected chi connectivity index (χ1v) is 8.77. The molecule has 30 heavy (non-hydrogen) atoms. The molecule has 0 radical (unpaired) electrons. The Morgan fingerprint density at radius 1 is 0.867 bits per heavy atom. The summed E-state index contributed by atoms with van der Waals surface area (Å²) in [6, 6.07) is 14.5. The molecule has 2 rings (SSSR count). The van der Waals surface area contributed by atoms with Gasteiger partial charge in [0, 0.05) is 5.02 Å². The monoisotopic (exact) mass is 422 g/mol. The lowest BCUT2D eigenvalue weighted by Gasteiger charge is -2.10. The van der Waals surface area contributed by atoms with Crippen molar-refractivity contribution in [2.24, 2.45) is 0 Å². The molecule has 0 aliphatic carbocycles. The van der Waals surface area contributed by atoms with Crippen molar-refractivity contribution in [3.8, 4) is 23.6 Å². The molecule has 0 amide bonds. The van der Waals surface area contributed by atoms with E-state index < -0.39 is 11.9 Å². The Hall–Kier alpha value is -4.07. The van der Waals surface area contributed by atoms with E-state index in [1.54, 1.807) is 36.4 Å². The van der Waals surface area contributed by atoms with E-state index in [-0.39, 0.29) is 22.6 Å². The lowest BCUT2D eigenvalue weighted by Crippen LogP contribution is -2.11. The Morgan fingerprint density at radius 2 is 1.43 bits per heavy atom. The highest BCUT2D eigenvalue weighted by Crippen LogP contribution is 2.30. The molecular formula is C22H15ClN2O5. The molecule has 0 saturated heterocycles. The van der Waals surface area contributed by atoms with Crippen LogP contribution >= 0.6 is 11.6 Å². The third-order valence-electron chi connectivity index (χ3n) is 3.75. The highest BCUT2D eigenvalue weighted by atomic mass is 35.5. The molecule has 7 nitrogen and oxygen atoms in total. The number of carbonyl (C=O) groups is 2. The van der Waals surface area contributed by atoms with Crippen LogP contribution in [0.1, 0.15) is 11.1 Å². The van der Waals surface area contributed by atoms with Gasteiger partial charge in [0.1, 0.15) is 23.3 Å². The molecule has 0 fully saturated rings. The summed E-state index contributed by atoms with van der Waals surface area (Å²) in [5, 5.41) is 18.9. The molecule has 0 saturated carbocycles. The molecule has 0 aliphatic heterocycles. The molecule has 0 aliphatic rings. The molecule has 8 heteroatoms. The van der Waals surface area contributed by atoms with Gasteiger partial charge in [-0.1, -0.05) is 29.8 Å². The summed E-state index contributed by atoms with van der Waals surface area (Å²) >= 11 is 5.83. The summed E-state index contributed by atoms with van der Waals surface area (Å²) in [7, 11) is 2.53. The van der Waals surface area contributed by atoms with E-state index >= 15 is 0 Å². The number of hydrogen-bond donors (Lipinski definition) is 0. The van der Waals surface area contributed by atoms with Crippen molar-refractivity contribution in [3.05, 3.63) is 69.8 Å². The molecule has 0 aromatic heterocycles. The lowest BCUT2D eigenvalue weighted by atomic mass is 10.1. The fourth-order valence-electron chi connectivity index (χ4n) is 2.29. The SMILES string of the molecule is COC(=O)/C(C#N)=C/c1ccc(OC(=O)/C(C#N)=C/c2ccc(Cl)cc2)c(OC)c1. The molecule has 0 heterocycles. The van der Waals surface area contributed by atoms with Gasteiger partial charge in [-0.2, -0.15) is 10.5 Å². The maximum absolute atomic E-state index is 12.4. The van der Waals surface area contributed by atoms with Gasteiger partial charge < -0.3 is 14.2 Å². The number of nitrogens with zero attached hydrogens (tertiary/aromatic N) is 2. The second-order valence-corrected chi connectivity index (χ2v) is 6.12. The van der Waals surface area contributed by atoms with Crippen molar-refractivity contribution < 1.29 is 23.8 Å². The number of carbonyl (C=O) groups excluding carboxylic acids is 2. The number of rotatable bonds is 6. The van der Waals surface area contributed by atoms with E-state index in [4.69, 9.17) is 26.3 Å². The third kappa shape index (κ3) is 5.71. The first kappa shape index (κ1) is 22.2. The summed E-state index contributed by atoms with van der Waals surface area (Å²) in [4.78, 5) is 23.9. The van der Waals surface area contributed by atoms with Crippen LogP contribution in [0.4, 0.5) is 0 Å². The highest BCUT2D eigenvalue weighted by Gasteiger charge is 2.16. The largest absolute Gasteiger partial charge is 0.493 e. The summed E-state index contributed by atoms with van der Waals surface area (Å²) in [6.45, 7) is 0. The molecule has 0 bridgehead atoms. The minimum absolute atomic E-state index is 0.0634. The zero-order valence-corrected chi connectivity index (χ0v) is 16.8. The maximum Gasteiger partial charge on any atom is 0.354 e. The Bertz CT molecular complexity index is 1110. The predicted molar refractivity (Wildman–Crippen MR) is 109 cm³/mol. The zero-order valence-electron chi connectivity index (χ0n) is 16.0. The first-order chi connectivity index (χ1) is 14.4. The number of methoxy groups -OCH3 is 2. The van der Waals surface area contributed by atoms with Gasteiger partial charge in [-0.15, -0.1) is 0 Å². The molecule has 0 spiro atoms. The van der Waals surface area contributed by atoms with Crippen LogP contribution in [0.3, 0.4) is 0 Å². The highest BCUT2D eigenvalue weighted by molar-refractivity contribution is 6.30. The quantitative estimate of drug-likeness (QED) is 0.300. The van der Waals surface area contributed by atoms with E-state index in [2.05, 4.69) is 4.74 Å². The number of ether oxygens (including phenoxy) is 3. The average Bonchev–Trinajstić information content (AvgIpc) is 2.77. The first-order valence-electron chi connectivity index (χ1n) is 8.39. The Kier molecular flexibility index (Phi) is 7.75. The zero-order chi connectivity index (χ0) is 22.1. The number of esters is 2. The van der Waals surface area contributed by atoms with Crippen LogP contribution in [0.2, 0.25) is 5.02 Å². The van der Waals surface area contributed by atoms with Crippen LogP contribution in [0, 0.1) is 22.7 Å². The number of hydrogen-bond acceptors (Lipinski definition) is 7. The number of benzene rings is 2. The summed E-state index contributed by atoms with van der Waals surface area (Å²) in [6.07, 6.45) is 2.68. The van der Waals surface area contributed by atoms with Crippen LogP contribution in [0.25, 0.3) is 12.2 Å². The van der Waals surface area contributed by atoms with E-state index in [9.17, 15) is 14.9 Å². The molecule has 150 valence electrons. The maximum atomic E-state index is 12.4. The van der Waals surface area contributed by atoms with Gasteiger partial charge >= 0.3 is 11.9 Å². The van der Waals surface area contributed by atoms with E-state index in [0.717, 1.165) is 0 Å². The van der Waals surface area contributed by atoms with Crippen LogP contribution in [0.5, 0.6) is 11.5 Å². The number of halogens is 1. The second kappa shape index (κ2) is 10.5. The van der Waals surface area contributed by atoms with Crippen LogP contribution in [-0.2, 0) is 14.3 Å². The van der Waals surface area contributed by atoms with Crippen LogP contribution in [-0.4, -0.2) is 26.2 Å². The standard InChI is InChI=1S/C22H15ClN2O5/c1-28-20-11-15(10-16(12-24)21(26)29-2)5-8-19(20)30-22(27)17(13-25)9-14-3-6-18(23)7-4-14/h3-11H,1-2H3/b16-10+,17-9+. The van der Waals surface area contributed by atoms with E-state index in [1.807, 2.05) is 0 Å². The fourth-order valence-corrected chi connectivity index (χ4v) is 2.42. The molecular weight excluding hydrogens is 408 g/mol. The van der Waals surface area contributed by atoms with Gasteiger partial charge in [0.15, 0.2) is 11.5 Å². The topological polar surface area (TPSA) is 109 Å². The van der Waals surface area contributed by atoms with Gasteiger partial charge in [0.25, 0.3) is 0 Å². The summed E-state index contributed by atoms with van der Waals surface area (Å²) in [5.41, 5.74) is 0.626.